The Kier molecular flexibility index (Phi) is 8.75. The number of fused-ring (bicyclic) bond motifs is 6. The predicted octanol–water partition coefficient (Wildman–Crippen LogP) is 14.7. The Bertz CT molecular complexity index is 3580. The van der Waals surface area contributed by atoms with Crippen LogP contribution in [0.1, 0.15) is 0 Å². The van der Waals surface area contributed by atoms with Crippen molar-refractivity contribution in [1.29, 1.82) is 0 Å². The van der Waals surface area contributed by atoms with Gasteiger partial charge < -0.3 is 4.57 Å². The molecule has 0 aliphatic heterocycles. The quantitative estimate of drug-likeness (QED) is 0.151. The fourth-order valence-electron chi connectivity index (χ4n) is 8.97. The molecule has 9 aromatic carbocycles. The second kappa shape index (κ2) is 15.2. The third-order valence-electron chi connectivity index (χ3n) is 12.1. The minimum absolute atomic E-state index is 0.623. The minimum Gasteiger partial charge on any atom is -0.309 e. The number of nitrogens with zero attached hydrogens (tertiary/aromatic N) is 5. The van der Waals surface area contributed by atoms with Crippen LogP contribution in [-0.4, -0.2) is 24.5 Å². The van der Waals surface area contributed by atoms with Crippen molar-refractivity contribution in [3.05, 3.63) is 224 Å². The Balaban J connectivity index is 0.907. The first kappa shape index (κ1) is 36.3. The standard InChI is InChI=1S/C58H37N5/c1-4-14-39(15-5-1)50-37-52(40-16-6-2-7-17-40)59-51-35-31-45-36-44(30-34-47(45)55(50)51)38-24-26-42(27-25-38)57-60-56(41-18-8-3-9-19-41)61-58(62-57)43-28-32-46(33-29-43)63-53-22-12-10-20-48(53)49-21-11-13-23-54(49)63/h1-37H. The molecule has 0 amide bonds. The molecule has 0 fully saturated rings. The lowest BCUT2D eigenvalue weighted by molar-refractivity contribution is 1.07. The number of hydrogen-bond donors (Lipinski definition) is 0. The number of aromatic nitrogens is 5. The third-order valence-corrected chi connectivity index (χ3v) is 12.1. The molecule has 3 aromatic heterocycles. The molecular formula is C58H37N5. The summed E-state index contributed by atoms with van der Waals surface area (Å²) in [5.41, 5.74) is 13.8. The largest absolute Gasteiger partial charge is 0.309 e. The summed E-state index contributed by atoms with van der Waals surface area (Å²) in [5.74, 6) is 1.88. The average Bonchev–Trinajstić information content (AvgIpc) is 3.71. The van der Waals surface area contributed by atoms with Crippen LogP contribution in [-0.2, 0) is 0 Å². The van der Waals surface area contributed by atoms with Crippen LogP contribution >= 0.6 is 0 Å². The SMILES string of the molecule is c1ccc(-c2cc(-c3ccccc3)c3c(ccc4cc(-c5ccc(-c6nc(-c7ccccc7)nc(-c7ccc(-n8c9ccccc9c9ccccc98)cc7)n6)cc5)ccc43)n2)cc1. The Morgan fingerprint density at radius 2 is 0.778 bits per heavy atom. The highest BCUT2D eigenvalue weighted by molar-refractivity contribution is 6.14. The molecule has 0 unspecified atom stereocenters. The van der Waals surface area contributed by atoms with E-state index in [1.165, 1.54) is 38.3 Å². The minimum atomic E-state index is 0.623. The van der Waals surface area contributed by atoms with Crippen molar-refractivity contribution >= 4 is 43.5 Å². The van der Waals surface area contributed by atoms with Gasteiger partial charge in [0.05, 0.1) is 22.2 Å². The molecule has 0 radical (unpaired) electrons. The van der Waals surface area contributed by atoms with Gasteiger partial charge in [-0.25, -0.2) is 19.9 Å². The zero-order valence-corrected chi connectivity index (χ0v) is 34.1. The Hall–Kier alpha value is -8.54. The first-order chi connectivity index (χ1) is 31.2. The first-order valence-corrected chi connectivity index (χ1v) is 21.2. The van der Waals surface area contributed by atoms with Crippen molar-refractivity contribution in [2.24, 2.45) is 0 Å². The Labute approximate surface area is 364 Å². The van der Waals surface area contributed by atoms with Gasteiger partial charge in [-0.15, -0.1) is 0 Å². The van der Waals surface area contributed by atoms with E-state index in [0.29, 0.717) is 17.5 Å². The smallest absolute Gasteiger partial charge is 0.164 e. The van der Waals surface area contributed by atoms with Crippen molar-refractivity contribution in [3.63, 3.8) is 0 Å². The molecule has 0 spiro atoms. The fraction of sp³-hybridized carbons (Fsp3) is 0. The molecule has 63 heavy (non-hydrogen) atoms. The van der Waals surface area contributed by atoms with Crippen molar-refractivity contribution < 1.29 is 0 Å². The van der Waals surface area contributed by atoms with Crippen LogP contribution in [0.4, 0.5) is 0 Å². The lowest BCUT2D eigenvalue weighted by Crippen LogP contribution is -2.00. The molecule has 0 N–H and O–H groups in total. The number of hydrogen-bond acceptors (Lipinski definition) is 4. The maximum absolute atomic E-state index is 5.17. The van der Waals surface area contributed by atoms with E-state index in [9.17, 15) is 0 Å². The predicted molar refractivity (Wildman–Crippen MR) is 260 cm³/mol. The van der Waals surface area contributed by atoms with Crippen LogP contribution in [0.25, 0.3) is 117 Å². The van der Waals surface area contributed by atoms with Gasteiger partial charge in [-0.1, -0.05) is 170 Å². The highest BCUT2D eigenvalue weighted by Crippen LogP contribution is 2.39. The van der Waals surface area contributed by atoms with E-state index < -0.39 is 0 Å². The maximum atomic E-state index is 5.17. The summed E-state index contributed by atoms with van der Waals surface area (Å²) >= 11 is 0. The molecule has 12 rings (SSSR count). The van der Waals surface area contributed by atoms with Gasteiger partial charge in [0.2, 0.25) is 0 Å². The molecule has 0 atom stereocenters. The summed E-state index contributed by atoms with van der Waals surface area (Å²) in [4.78, 5) is 20.3. The van der Waals surface area contributed by atoms with Crippen molar-refractivity contribution in [3.8, 4) is 73.4 Å². The lowest BCUT2D eigenvalue weighted by atomic mass is 9.93. The summed E-state index contributed by atoms with van der Waals surface area (Å²) in [6.07, 6.45) is 0. The van der Waals surface area contributed by atoms with Crippen molar-refractivity contribution in [2.45, 2.75) is 0 Å². The molecule has 5 heteroatoms. The van der Waals surface area contributed by atoms with Crippen LogP contribution in [0.5, 0.6) is 0 Å². The highest BCUT2D eigenvalue weighted by Gasteiger charge is 2.17. The van der Waals surface area contributed by atoms with Crippen molar-refractivity contribution in [1.82, 2.24) is 24.5 Å². The molecule has 0 saturated heterocycles. The van der Waals surface area contributed by atoms with Gasteiger partial charge in [0.25, 0.3) is 0 Å². The molecule has 0 aliphatic rings. The van der Waals surface area contributed by atoms with Crippen LogP contribution in [0.15, 0.2) is 224 Å². The Morgan fingerprint density at radius 3 is 1.38 bits per heavy atom. The van der Waals surface area contributed by atoms with Crippen LogP contribution in [0.2, 0.25) is 0 Å². The van der Waals surface area contributed by atoms with Crippen LogP contribution in [0, 0.1) is 0 Å². The van der Waals surface area contributed by atoms with Gasteiger partial charge in [-0.05, 0) is 87.6 Å². The summed E-state index contributed by atoms with van der Waals surface area (Å²) in [6.45, 7) is 0. The summed E-state index contributed by atoms with van der Waals surface area (Å²) < 4.78 is 2.32. The molecule has 12 aromatic rings. The summed E-state index contributed by atoms with van der Waals surface area (Å²) in [7, 11) is 0. The first-order valence-electron chi connectivity index (χ1n) is 21.2. The third kappa shape index (κ3) is 6.51. The van der Waals surface area contributed by atoms with E-state index >= 15 is 0 Å². The van der Waals surface area contributed by atoms with Gasteiger partial charge in [0.15, 0.2) is 17.5 Å². The number of pyridine rings is 1. The Morgan fingerprint density at radius 1 is 0.302 bits per heavy atom. The fourth-order valence-corrected chi connectivity index (χ4v) is 8.97. The van der Waals surface area contributed by atoms with Gasteiger partial charge in [0, 0.05) is 44.1 Å². The van der Waals surface area contributed by atoms with E-state index in [2.05, 4.69) is 193 Å². The highest BCUT2D eigenvalue weighted by atomic mass is 15.0. The maximum Gasteiger partial charge on any atom is 0.164 e. The molecule has 294 valence electrons. The lowest BCUT2D eigenvalue weighted by Gasteiger charge is -2.14. The molecular weight excluding hydrogens is 767 g/mol. The molecule has 0 aliphatic carbocycles. The van der Waals surface area contributed by atoms with E-state index in [0.717, 1.165) is 61.1 Å². The molecule has 3 heterocycles. The van der Waals surface area contributed by atoms with E-state index in [1.807, 2.05) is 36.4 Å². The topological polar surface area (TPSA) is 56.5 Å². The average molecular weight is 804 g/mol. The van der Waals surface area contributed by atoms with E-state index in [4.69, 9.17) is 19.9 Å². The summed E-state index contributed by atoms with van der Waals surface area (Å²) in [5, 5.41) is 5.96. The van der Waals surface area contributed by atoms with Crippen molar-refractivity contribution in [2.75, 3.05) is 0 Å². The van der Waals surface area contributed by atoms with Gasteiger partial charge >= 0.3 is 0 Å². The van der Waals surface area contributed by atoms with Crippen LogP contribution in [0.3, 0.4) is 0 Å². The second-order valence-electron chi connectivity index (χ2n) is 15.8. The monoisotopic (exact) mass is 803 g/mol. The van der Waals surface area contributed by atoms with Gasteiger partial charge in [0.1, 0.15) is 0 Å². The van der Waals surface area contributed by atoms with Gasteiger partial charge in [-0.2, -0.15) is 0 Å². The van der Waals surface area contributed by atoms with E-state index in [-0.39, 0.29) is 0 Å². The molecule has 0 saturated carbocycles. The number of rotatable bonds is 7. The van der Waals surface area contributed by atoms with Gasteiger partial charge in [-0.3, -0.25) is 0 Å². The van der Waals surface area contributed by atoms with Crippen LogP contribution < -0.4 is 0 Å². The second-order valence-corrected chi connectivity index (χ2v) is 15.8. The molecule has 5 nitrogen and oxygen atoms in total. The molecule has 0 bridgehead atoms. The van der Waals surface area contributed by atoms with E-state index in [1.54, 1.807) is 0 Å². The normalized spacial score (nSPS) is 11.5. The zero-order chi connectivity index (χ0) is 41.7. The summed E-state index contributed by atoms with van der Waals surface area (Å²) in [6, 6.07) is 78.7. The number of benzene rings is 9. The number of para-hydroxylation sites is 2. The zero-order valence-electron chi connectivity index (χ0n) is 34.1.